The quantitative estimate of drug-likeness (QED) is 0.416. The summed E-state index contributed by atoms with van der Waals surface area (Å²) in [6, 6.07) is 5.89. The third-order valence-electron chi connectivity index (χ3n) is 5.29. The van der Waals surface area contributed by atoms with E-state index < -0.39 is 12.3 Å². The van der Waals surface area contributed by atoms with Gasteiger partial charge in [-0.05, 0) is 49.3 Å². The van der Waals surface area contributed by atoms with Crippen molar-refractivity contribution in [2.24, 2.45) is 5.92 Å². The van der Waals surface area contributed by atoms with Gasteiger partial charge in [0.2, 0.25) is 5.69 Å². The summed E-state index contributed by atoms with van der Waals surface area (Å²) in [6.07, 6.45) is -2.08. The Balaban J connectivity index is 1.45. The van der Waals surface area contributed by atoms with E-state index in [2.05, 4.69) is 20.1 Å². The van der Waals surface area contributed by atoms with Crippen molar-refractivity contribution in [3.05, 3.63) is 35.5 Å². The molecule has 2 aromatic rings. The van der Waals surface area contributed by atoms with Gasteiger partial charge < -0.3 is 18.9 Å². The Morgan fingerprint density at radius 3 is 2.32 bits per heavy atom. The summed E-state index contributed by atoms with van der Waals surface area (Å²) in [6.45, 7) is 3.22. The minimum absolute atomic E-state index is 0.0290. The van der Waals surface area contributed by atoms with Gasteiger partial charge in [-0.25, -0.2) is 9.89 Å². The van der Waals surface area contributed by atoms with Crippen molar-refractivity contribution in [1.82, 2.24) is 15.4 Å². The molecule has 9 nitrogen and oxygen atoms in total. The molecule has 0 bridgehead atoms. The van der Waals surface area contributed by atoms with Gasteiger partial charge in [0.15, 0.2) is 0 Å². The van der Waals surface area contributed by atoms with Gasteiger partial charge in [-0.1, -0.05) is 36.3 Å². The molecule has 0 atom stereocenters. The molecule has 0 aliphatic heterocycles. The lowest BCUT2D eigenvalue weighted by Crippen LogP contribution is -2.24. The Labute approximate surface area is 193 Å². The minimum Gasteiger partial charge on any atom is -0.472 e. The highest BCUT2D eigenvalue weighted by atomic mass is 19.4. The molecule has 0 unspecified atom stereocenters. The average molecular weight is 485 g/mol. The van der Waals surface area contributed by atoms with Gasteiger partial charge in [-0.3, -0.25) is 4.79 Å². The largest absolute Gasteiger partial charge is 0.573 e. The number of aromatic amines is 1. The van der Waals surface area contributed by atoms with Crippen molar-refractivity contribution in [3.8, 4) is 11.6 Å². The number of alkyl halides is 3. The summed E-state index contributed by atoms with van der Waals surface area (Å²) in [5, 5.41) is 9.87. The van der Waals surface area contributed by atoms with Gasteiger partial charge in [-0.15, -0.1) is 13.2 Å². The van der Waals surface area contributed by atoms with Gasteiger partial charge >= 0.3 is 18.3 Å². The monoisotopic (exact) mass is 485 g/mol. The molecule has 1 heterocycles. The Hall–Kier alpha value is -3.31. The molecule has 1 aromatic heterocycles. The predicted molar refractivity (Wildman–Crippen MR) is 111 cm³/mol. The average Bonchev–Trinajstić information content (AvgIpc) is 3.24. The van der Waals surface area contributed by atoms with E-state index in [1.54, 1.807) is 26.0 Å². The number of nitrogens with one attached hydrogen (secondary N) is 1. The number of esters is 2. The summed E-state index contributed by atoms with van der Waals surface area (Å²) in [5.74, 6) is -1.43. The standard InChI is InChI=1S/C22H26F3N3O6/c1-13(2)20(29)31-11-12-32-21(30)18-19(27-28-26-18)33-16-7-3-14(4-8-16)15-5-9-17(10-6-15)34-22(23,24)25/h5-6,9-10,13-14,16H,3-4,7-8,11-12H2,1-2H3,(H,26,27,28). The highest BCUT2D eigenvalue weighted by Gasteiger charge is 2.31. The van der Waals surface area contributed by atoms with E-state index in [1.165, 1.54) is 12.1 Å². The zero-order valence-corrected chi connectivity index (χ0v) is 18.8. The molecular formula is C22H26F3N3O6. The Morgan fingerprint density at radius 1 is 1.06 bits per heavy atom. The maximum Gasteiger partial charge on any atom is 0.573 e. The van der Waals surface area contributed by atoms with Crippen molar-refractivity contribution in [2.45, 2.75) is 57.9 Å². The summed E-state index contributed by atoms with van der Waals surface area (Å²) >= 11 is 0. The smallest absolute Gasteiger partial charge is 0.472 e. The number of benzene rings is 1. The molecule has 12 heteroatoms. The van der Waals surface area contributed by atoms with Crippen LogP contribution in [-0.2, 0) is 14.3 Å². The van der Waals surface area contributed by atoms with Gasteiger partial charge in [0, 0.05) is 0 Å². The Morgan fingerprint density at radius 2 is 1.71 bits per heavy atom. The molecule has 0 saturated heterocycles. The first kappa shape index (κ1) is 25.3. The Kier molecular flexibility index (Phi) is 8.35. The lowest BCUT2D eigenvalue weighted by molar-refractivity contribution is -0.274. The van der Waals surface area contributed by atoms with Crippen LogP contribution in [-0.4, -0.2) is 53.0 Å². The number of H-pyrrole nitrogens is 1. The van der Waals surface area contributed by atoms with Crippen LogP contribution in [0, 0.1) is 5.92 Å². The molecule has 1 N–H and O–H groups in total. The van der Waals surface area contributed by atoms with E-state index in [9.17, 15) is 22.8 Å². The van der Waals surface area contributed by atoms with Gasteiger partial charge in [-0.2, -0.15) is 0 Å². The third kappa shape index (κ3) is 7.35. The SMILES string of the molecule is CC(C)C(=O)OCCOC(=O)c1[nH]nnc1OC1CCC(c2ccc(OC(F)(F)F)cc2)CC1. The number of carbonyl (C=O) groups is 2. The van der Waals surface area contributed by atoms with E-state index in [-0.39, 0.29) is 54.4 Å². The topological polar surface area (TPSA) is 113 Å². The third-order valence-corrected chi connectivity index (χ3v) is 5.29. The van der Waals surface area contributed by atoms with Crippen LogP contribution in [0.1, 0.15) is 61.5 Å². The molecule has 1 aliphatic carbocycles. The number of aromatic nitrogens is 3. The van der Waals surface area contributed by atoms with Crippen LogP contribution in [0.3, 0.4) is 0 Å². The zero-order chi connectivity index (χ0) is 24.7. The van der Waals surface area contributed by atoms with E-state index in [0.29, 0.717) is 12.8 Å². The zero-order valence-electron chi connectivity index (χ0n) is 18.8. The normalized spacial score (nSPS) is 18.4. The van der Waals surface area contributed by atoms with Crippen LogP contribution in [0.15, 0.2) is 24.3 Å². The van der Waals surface area contributed by atoms with Gasteiger partial charge in [0.1, 0.15) is 25.1 Å². The highest BCUT2D eigenvalue weighted by Crippen LogP contribution is 2.35. The second kappa shape index (κ2) is 11.2. The van der Waals surface area contributed by atoms with Gasteiger partial charge in [0.05, 0.1) is 5.92 Å². The first-order chi connectivity index (χ1) is 16.1. The van der Waals surface area contributed by atoms with Crippen molar-refractivity contribution < 1.29 is 41.7 Å². The van der Waals surface area contributed by atoms with Crippen molar-refractivity contribution in [3.63, 3.8) is 0 Å². The van der Waals surface area contributed by atoms with E-state index in [1.807, 2.05) is 0 Å². The van der Waals surface area contributed by atoms with Crippen molar-refractivity contribution in [2.75, 3.05) is 13.2 Å². The van der Waals surface area contributed by atoms with E-state index in [4.69, 9.17) is 14.2 Å². The number of rotatable bonds is 9. The molecule has 34 heavy (non-hydrogen) atoms. The Bertz CT molecular complexity index is 954. The van der Waals surface area contributed by atoms with Crippen LogP contribution in [0.25, 0.3) is 0 Å². The summed E-state index contributed by atoms with van der Waals surface area (Å²) < 4.78 is 56.7. The minimum atomic E-state index is -4.72. The summed E-state index contributed by atoms with van der Waals surface area (Å²) in [7, 11) is 0. The van der Waals surface area contributed by atoms with Gasteiger partial charge in [0.25, 0.3) is 5.88 Å². The predicted octanol–water partition coefficient (Wildman–Crippen LogP) is 4.16. The lowest BCUT2D eigenvalue weighted by atomic mass is 9.83. The molecule has 0 amide bonds. The number of carbonyl (C=O) groups excluding carboxylic acids is 2. The fourth-order valence-electron chi connectivity index (χ4n) is 3.56. The molecule has 1 aliphatic rings. The summed E-state index contributed by atoms with van der Waals surface area (Å²) in [4.78, 5) is 23.7. The van der Waals surface area contributed by atoms with E-state index >= 15 is 0 Å². The summed E-state index contributed by atoms with van der Waals surface area (Å²) in [5.41, 5.74) is 0.898. The van der Waals surface area contributed by atoms with E-state index in [0.717, 1.165) is 18.4 Å². The number of halogens is 3. The number of hydrogen-bond acceptors (Lipinski definition) is 8. The lowest BCUT2D eigenvalue weighted by Gasteiger charge is -2.28. The maximum atomic E-state index is 12.3. The number of ether oxygens (including phenoxy) is 4. The highest BCUT2D eigenvalue weighted by molar-refractivity contribution is 5.89. The molecule has 0 radical (unpaired) electrons. The van der Waals surface area contributed by atoms with Crippen LogP contribution in [0.5, 0.6) is 11.6 Å². The first-order valence-electron chi connectivity index (χ1n) is 10.9. The fraction of sp³-hybridized carbons (Fsp3) is 0.545. The maximum absolute atomic E-state index is 12.3. The van der Waals surface area contributed by atoms with Crippen LogP contribution in [0.2, 0.25) is 0 Å². The van der Waals surface area contributed by atoms with Crippen LogP contribution < -0.4 is 9.47 Å². The van der Waals surface area contributed by atoms with Crippen LogP contribution >= 0.6 is 0 Å². The second-order valence-electron chi connectivity index (χ2n) is 8.16. The van der Waals surface area contributed by atoms with Crippen molar-refractivity contribution in [1.29, 1.82) is 0 Å². The second-order valence-corrected chi connectivity index (χ2v) is 8.16. The molecule has 3 rings (SSSR count). The van der Waals surface area contributed by atoms with Crippen LogP contribution in [0.4, 0.5) is 13.2 Å². The fourth-order valence-corrected chi connectivity index (χ4v) is 3.56. The molecular weight excluding hydrogens is 459 g/mol. The molecule has 1 saturated carbocycles. The number of nitrogens with zero attached hydrogens (tertiary/aromatic N) is 2. The molecule has 0 spiro atoms. The first-order valence-corrected chi connectivity index (χ1v) is 10.9. The van der Waals surface area contributed by atoms with Crippen molar-refractivity contribution >= 4 is 11.9 Å². The number of hydrogen-bond donors (Lipinski definition) is 1. The molecule has 186 valence electrons. The molecule has 1 fully saturated rings. The molecule has 1 aromatic carbocycles.